The smallest absolute Gasteiger partial charge is 0.255 e. The van der Waals surface area contributed by atoms with Gasteiger partial charge in [-0.2, -0.15) is 0 Å². The zero-order chi connectivity index (χ0) is 21.8. The van der Waals surface area contributed by atoms with E-state index >= 15 is 0 Å². The first-order chi connectivity index (χ1) is 15.0. The van der Waals surface area contributed by atoms with Crippen LogP contribution in [0.15, 0.2) is 70.7 Å². The highest BCUT2D eigenvalue weighted by molar-refractivity contribution is 6.12. The topological polar surface area (TPSA) is 55.6 Å². The summed E-state index contributed by atoms with van der Waals surface area (Å²) in [5.74, 6) is -1.42. The van der Waals surface area contributed by atoms with Gasteiger partial charge < -0.3 is 10.2 Å². The number of nitrogens with one attached hydrogen (secondary N) is 1. The Kier molecular flexibility index (Phi) is 6.23. The van der Waals surface area contributed by atoms with Gasteiger partial charge in [-0.1, -0.05) is 23.4 Å². The van der Waals surface area contributed by atoms with Gasteiger partial charge in [0.1, 0.15) is 23.5 Å². The van der Waals surface area contributed by atoms with E-state index in [4.69, 9.17) is 4.84 Å². The number of benzene rings is 2. The molecule has 7 heteroatoms. The van der Waals surface area contributed by atoms with Crippen molar-refractivity contribution in [2.45, 2.75) is 25.9 Å². The number of hydrogen-bond acceptors (Lipinski definition) is 4. The van der Waals surface area contributed by atoms with Crippen molar-refractivity contribution < 1.29 is 13.6 Å². The Balaban J connectivity index is 1.80. The van der Waals surface area contributed by atoms with Gasteiger partial charge in [0.25, 0.3) is 5.56 Å². The van der Waals surface area contributed by atoms with Crippen LogP contribution in [-0.2, 0) is 4.84 Å². The molecule has 1 aromatic heterocycles. The van der Waals surface area contributed by atoms with Gasteiger partial charge in [0, 0.05) is 29.5 Å². The molecule has 0 atom stereocenters. The lowest BCUT2D eigenvalue weighted by atomic mass is 10.0. The molecule has 31 heavy (non-hydrogen) atoms. The van der Waals surface area contributed by atoms with E-state index in [0.29, 0.717) is 11.3 Å². The highest BCUT2D eigenvalue weighted by atomic mass is 19.1. The average Bonchev–Trinajstić information content (AvgIpc) is 2.77. The third kappa shape index (κ3) is 4.72. The Morgan fingerprint density at radius 2 is 1.87 bits per heavy atom. The van der Waals surface area contributed by atoms with E-state index in [2.05, 4.69) is 10.5 Å². The van der Waals surface area contributed by atoms with Crippen LogP contribution in [0.4, 0.5) is 8.78 Å². The molecule has 0 unspecified atom stereocenters. The predicted molar refractivity (Wildman–Crippen MR) is 116 cm³/mol. The summed E-state index contributed by atoms with van der Waals surface area (Å²) in [5, 5.41) is 7.53. The quantitative estimate of drug-likeness (QED) is 0.500. The van der Waals surface area contributed by atoms with Gasteiger partial charge in [0.2, 0.25) is 0 Å². The SMILES string of the molecule is Cc1ccccc1-n1cc(/C(=N/OC2CCNCC2)c2ccc(F)cc2F)ccc1=O. The number of oxime groups is 1. The second kappa shape index (κ2) is 9.22. The largest absolute Gasteiger partial charge is 0.392 e. The van der Waals surface area contributed by atoms with Crippen molar-refractivity contribution in [3.05, 3.63) is 99.5 Å². The molecule has 0 bridgehead atoms. The third-order valence-electron chi connectivity index (χ3n) is 5.33. The molecular weight excluding hydrogens is 400 g/mol. The fourth-order valence-corrected chi connectivity index (χ4v) is 3.62. The lowest BCUT2D eigenvalue weighted by molar-refractivity contribution is 0.0378. The molecule has 0 aliphatic carbocycles. The second-order valence-corrected chi connectivity index (χ2v) is 7.53. The number of hydrogen-bond donors (Lipinski definition) is 1. The van der Waals surface area contributed by atoms with Crippen LogP contribution in [-0.4, -0.2) is 29.5 Å². The van der Waals surface area contributed by atoms with Crippen molar-refractivity contribution in [2.75, 3.05) is 13.1 Å². The van der Waals surface area contributed by atoms with Gasteiger partial charge in [-0.3, -0.25) is 9.36 Å². The van der Waals surface area contributed by atoms with Crippen LogP contribution in [0.25, 0.3) is 5.69 Å². The summed E-state index contributed by atoms with van der Waals surface area (Å²) in [4.78, 5) is 18.3. The van der Waals surface area contributed by atoms with E-state index in [1.807, 2.05) is 31.2 Å². The van der Waals surface area contributed by atoms with Crippen LogP contribution in [0.5, 0.6) is 0 Å². The Bertz CT molecular complexity index is 1170. The van der Waals surface area contributed by atoms with E-state index < -0.39 is 11.6 Å². The maximum absolute atomic E-state index is 14.7. The Morgan fingerprint density at radius 1 is 1.10 bits per heavy atom. The minimum Gasteiger partial charge on any atom is -0.392 e. The lowest BCUT2D eigenvalue weighted by Crippen LogP contribution is -2.31. The molecule has 2 heterocycles. The van der Waals surface area contributed by atoms with Gasteiger partial charge in [-0.15, -0.1) is 0 Å². The normalized spacial score (nSPS) is 15.1. The molecule has 2 aromatic carbocycles. The number of pyridine rings is 1. The average molecular weight is 423 g/mol. The predicted octanol–water partition coefficient (Wildman–Crippen LogP) is 3.95. The molecule has 1 aliphatic rings. The molecule has 0 saturated carbocycles. The molecular formula is C24H23F2N3O2. The maximum Gasteiger partial charge on any atom is 0.255 e. The van der Waals surface area contributed by atoms with E-state index in [0.717, 1.165) is 37.6 Å². The fraction of sp³-hybridized carbons (Fsp3) is 0.250. The second-order valence-electron chi connectivity index (χ2n) is 7.53. The summed E-state index contributed by atoms with van der Waals surface area (Å²) < 4.78 is 29.7. The van der Waals surface area contributed by atoms with Crippen molar-refractivity contribution in [2.24, 2.45) is 5.16 Å². The molecule has 0 radical (unpaired) electrons. The van der Waals surface area contributed by atoms with Crippen molar-refractivity contribution in [1.29, 1.82) is 0 Å². The number of nitrogens with zero attached hydrogens (tertiary/aromatic N) is 2. The summed E-state index contributed by atoms with van der Waals surface area (Å²) in [6.45, 7) is 3.54. The molecule has 4 rings (SSSR count). The Hall–Kier alpha value is -3.32. The summed E-state index contributed by atoms with van der Waals surface area (Å²) in [6.07, 6.45) is 3.08. The van der Waals surface area contributed by atoms with Gasteiger partial charge >= 0.3 is 0 Å². The molecule has 1 saturated heterocycles. The van der Waals surface area contributed by atoms with Crippen LogP contribution in [0, 0.1) is 18.6 Å². The summed E-state index contributed by atoms with van der Waals surface area (Å²) in [7, 11) is 0. The number of piperidine rings is 1. The minimum absolute atomic E-state index is 0.0953. The van der Waals surface area contributed by atoms with Gasteiger partial charge in [0.15, 0.2) is 0 Å². The summed E-state index contributed by atoms with van der Waals surface area (Å²) in [5.41, 5.74) is 2.20. The van der Waals surface area contributed by atoms with Crippen LogP contribution in [0.1, 0.15) is 29.5 Å². The molecule has 1 aliphatic heterocycles. The number of para-hydroxylation sites is 1. The van der Waals surface area contributed by atoms with Crippen molar-refractivity contribution in [1.82, 2.24) is 9.88 Å². The Morgan fingerprint density at radius 3 is 2.61 bits per heavy atom. The van der Waals surface area contributed by atoms with Crippen LogP contribution >= 0.6 is 0 Å². The molecule has 0 amide bonds. The first-order valence-electron chi connectivity index (χ1n) is 10.2. The minimum atomic E-state index is -0.749. The molecule has 1 fully saturated rings. The van der Waals surface area contributed by atoms with Gasteiger partial charge in [0.05, 0.1) is 5.69 Å². The van der Waals surface area contributed by atoms with Gasteiger partial charge in [-0.05, 0) is 62.7 Å². The van der Waals surface area contributed by atoms with Crippen LogP contribution in [0.2, 0.25) is 0 Å². The fourth-order valence-electron chi connectivity index (χ4n) is 3.62. The summed E-state index contributed by atoms with van der Waals surface area (Å²) in [6, 6.07) is 13.8. The zero-order valence-electron chi connectivity index (χ0n) is 17.1. The maximum atomic E-state index is 14.7. The zero-order valence-corrected chi connectivity index (χ0v) is 17.1. The van der Waals surface area contributed by atoms with Crippen LogP contribution < -0.4 is 10.9 Å². The number of rotatable bonds is 5. The first-order valence-corrected chi connectivity index (χ1v) is 10.2. The van der Waals surface area contributed by atoms with Crippen LogP contribution in [0.3, 0.4) is 0 Å². The van der Waals surface area contributed by atoms with Gasteiger partial charge in [-0.25, -0.2) is 8.78 Å². The monoisotopic (exact) mass is 423 g/mol. The Labute approximate surface area is 179 Å². The van der Waals surface area contributed by atoms with E-state index in [1.165, 1.54) is 22.8 Å². The standard InChI is InChI=1S/C24H23F2N3O2/c1-16-4-2-3-5-22(16)29-15-17(6-9-23(29)30)24(20-8-7-18(25)14-21(20)26)28-31-19-10-12-27-13-11-19/h2-9,14-15,19,27H,10-13H2,1H3/b28-24-. The molecule has 0 spiro atoms. The van der Waals surface area contributed by atoms with Crippen molar-refractivity contribution >= 4 is 5.71 Å². The molecule has 3 aromatic rings. The highest BCUT2D eigenvalue weighted by Gasteiger charge is 2.19. The molecule has 1 N–H and O–H groups in total. The number of aromatic nitrogens is 1. The van der Waals surface area contributed by atoms with E-state index in [9.17, 15) is 13.6 Å². The first kappa shape index (κ1) is 20.9. The van der Waals surface area contributed by atoms with E-state index in [1.54, 1.807) is 12.3 Å². The molecule has 5 nitrogen and oxygen atoms in total. The lowest BCUT2D eigenvalue weighted by Gasteiger charge is -2.21. The number of halogens is 2. The third-order valence-corrected chi connectivity index (χ3v) is 5.33. The molecule has 160 valence electrons. The number of aryl methyl sites for hydroxylation is 1. The van der Waals surface area contributed by atoms with Crippen molar-refractivity contribution in [3.63, 3.8) is 0 Å². The van der Waals surface area contributed by atoms with Crippen molar-refractivity contribution in [3.8, 4) is 5.69 Å². The highest BCUT2D eigenvalue weighted by Crippen LogP contribution is 2.19. The van der Waals surface area contributed by atoms with E-state index in [-0.39, 0.29) is 22.9 Å². The summed E-state index contributed by atoms with van der Waals surface area (Å²) >= 11 is 0.